The smallest absolute Gasteiger partial charge is 0.140 e. The molecular weight excluding hydrogens is 285 g/mol. The van der Waals surface area contributed by atoms with Crippen LogP contribution in [-0.4, -0.2) is 31.0 Å². The molecule has 0 unspecified atom stereocenters. The van der Waals surface area contributed by atoms with Crippen molar-refractivity contribution in [1.82, 2.24) is 9.78 Å². The quantitative estimate of drug-likeness (QED) is 0.632. The first-order valence-corrected chi connectivity index (χ1v) is 11.0. The normalized spacial score (nSPS) is 12.2. The van der Waals surface area contributed by atoms with Gasteiger partial charge >= 0.3 is 0 Å². The van der Waals surface area contributed by atoms with Crippen molar-refractivity contribution in [1.29, 1.82) is 0 Å². The van der Waals surface area contributed by atoms with Gasteiger partial charge in [0.05, 0.1) is 16.6 Å². The van der Waals surface area contributed by atoms with Crippen LogP contribution in [0.4, 0.5) is 4.39 Å². The molecule has 0 spiro atoms. The van der Waals surface area contributed by atoms with Crippen molar-refractivity contribution in [2.24, 2.45) is 5.73 Å². The maximum absolute atomic E-state index is 14.0. The molecule has 0 fully saturated rings. The van der Waals surface area contributed by atoms with Gasteiger partial charge in [-0.25, -0.2) is 9.07 Å². The van der Waals surface area contributed by atoms with Gasteiger partial charge in [-0.1, -0.05) is 25.7 Å². The lowest BCUT2D eigenvalue weighted by atomic mass is 10.1. The Morgan fingerprint density at radius 2 is 2.10 bits per heavy atom. The van der Waals surface area contributed by atoms with E-state index in [-0.39, 0.29) is 5.82 Å². The third kappa shape index (κ3) is 4.12. The molecule has 0 amide bonds. The van der Waals surface area contributed by atoms with Crippen LogP contribution >= 0.6 is 0 Å². The lowest BCUT2D eigenvalue weighted by Crippen LogP contribution is -2.22. The third-order valence-corrected chi connectivity index (χ3v) is 5.09. The second-order valence-electron chi connectivity index (χ2n) is 6.47. The van der Waals surface area contributed by atoms with E-state index in [4.69, 9.17) is 10.5 Å². The molecule has 0 radical (unpaired) electrons. The molecule has 2 N–H and O–H groups in total. The summed E-state index contributed by atoms with van der Waals surface area (Å²) in [7, 11) is -1.10. The van der Waals surface area contributed by atoms with E-state index in [0.29, 0.717) is 30.8 Å². The number of nitrogens with zero attached hydrogens (tertiary/aromatic N) is 2. The van der Waals surface area contributed by atoms with Crippen LogP contribution in [0.5, 0.6) is 0 Å². The van der Waals surface area contributed by atoms with Gasteiger partial charge < -0.3 is 10.5 Å². The number of aromatic nitrogens is 2. The van der Waals surface area contributed by atoms with Gasteiger partial charge in [0, 0.05) is 21.1 Å². The maximum Gasteiger partial charge on any atom is 0.140 e. The first-order valence-electron chi connectivity index (χ1n) is 7.34. The molecule has 0 aliphatic rings. The van der Waals surface area contributed by atoms with Crippen LogP contribution in [0.15, 0.2) is 18.2 Å². The predicted molar refractivity (Wildman–Crippen MR) is 86.6 cm³/mol. The van der Waals surface area contributed by atoms with E-state index >= 15 is 0 Å². The number of benzene rings is 1. The number of fused-ring (bicyclic) bond motifs is 1. The largest absolute Gasteiger partial charge is 0.360 e. The highest BCUT2D eigenvalue weighted by atomic mass is 28.3. The van der Waals surface area contributed by atoms with Crippen LogP contribution in [0.25, 0.3) is 10.9 Å². The summed E-state index contributed by atoms with van der Waals surface area (Å²) in [5.41, 5.74) is 7.06. The zero-order chi connectivity index (χ0) is 15.5. The van der Waals surface area contributed by atoms with E-state index in [9.17, 15) is 4.39 Å². The highest BCUT2D eigenvalue weighted by Crippen LogP contribution is 2.22. The first-order chi connectivity index (χ1) is 9.92. The van der Waals surface area contributed by atoms with Crippen LogP contribution in [0.3, 0.4) is 0 Å². The SMILES string of the molecule is C[Si](C)(C)CCOCn1nc(CCN)c2c(F)cccc21. The molecular formula is C15H24FN3OSi. The highest BCUT2D eigenvalue weighted by Gasteiger charge is 2.15. The fourth-order valence-corrected chi connectivity index (χ4v) is 2.96. The number of nitrogens with two attached hydrogens (primary N) is 1. The molecule has 1 aromatic heterocycles. The Kier molecular flexibility index (Phi) is 5.13. The summed E-state index contributed by atoms with van der Waals surface area (Å²) in [6.07, 6.45) is 0.569. The standard InChI is InChI=1S/C15H24FN3OSi/c1-21(2,3)10-9-20-11-19-14-6-4-5-12(16)15(14)13(18-19)7-8-17/h4-6H,7-11,17H2,1-3H3. The molecule has 0 aliphatic heterocycles. The van der Waals surface area contributed by atoms with Crippen molar-refractivity contribution in [3.63, 3.8) is 0 Å². The monoisotopic (exact) mass is 309 g/mol. The maximum atomic E-state index is 14.0. The van der Waals surface area contributed by atoms with Gasteiger partial charge in [-0.15, -0.1) is 0 Å². The van der Waals surface area contributed by atoms with E-state index in [1.54, 1.807) is 10.7 Å². The summed E-state index contributed by atoms with van der Waals surface area (Å²) < 4.78 is 21.4. The number of ether oxygens (including phenoxy) is 1. The predicted octanol–water partition coefficient (Wildman–Crippen LogP) is 2.99. The minimum absolute atomic E-state index is 0.246. The lowest BCUT2D eigenvalue weighted by Gasteiger charge is -2.15. The molecule has 1 heterocycles. The van der Waals surface area contributed by atoms with E-state index < -0.39 is 8.07 Å². The van der Waals surface area contributed by atoms with Crippen molar-refractivity contribution in [2.75, 3.05) is 13.2 Å². The summed E-state index contributed by atoms with van der Waals surface area (Å²) in [6.45, 7) is 8.47. The minimum Gasteiger partial charge on any atom is -0.360 e. The highest BCUT2D eigenvalue weighted by molar-refractivity contribution is 6.76. The second kappa shape index (κ2) is 6.68. The summed E-state index contributed by atoms with van der Waals surface area (Å²) in [4.78, 5) is 0. The van der Waals surface area contributed by atoms with E-state index in [1.165, 1.54) is 6.07 Å². The Morgan fingerprint density at radius 3 is 2.76 bits per heavy atom. The van der Waals surface area contributed by atoms with Gasteiger partial charge in [-0.2, -0.15) is 5.10 Å². The average Bonchev–Trinajstić information content (AvgIpc) is 2.74. The molecule has 0 saturated carbocycles. The molecule has 116 valence electrons. The van der Waals surface area contributed by atoms with Crippen LogP contribution in [0, 0.1) is 5.82 Å². The van der Waals surface area contributed by atoms with E-state index in [0.717, 1.165) is 18.2 Å². The lowest BCUT2D eigenvalue weighted by molar-refractivity contribution is 0.0814. The molecule has 6 heteroatoms. The van der Waals surface area contributed by atoms with Gasteiger partial charge in [0.25, 0.3) is 0 Å². The van der Waals surface area contributed by atoms with Gasteiger partial charge in [0.15, 0.2) is 0 Å². The van der Waals surface area contributed by atoms with Gasteiger partial charge in [-0.3, -0.25) is 0 Å². The topological polar surface area (TPSA) is 53.1 Å². The summed E-state index contributed by atoms with van der Waals surface area (Å²) in [6, 6.07) is 6.13. The Labute approximate surface area is 126 Å². The second-order valence-corrected chi connectivity index (χ2v) is 12.1. The molecule has 0 saturated heterocycles. The first kappa shape index (κ1) is 16.1. The van der Waals surface area contributed by atoms with E-state index in [1.807, 2.05) is 6.07 Å². The van der Waals surface area contributed by atoms with E-state index in [2.05, 4.69) is 24.7 Å². The molecule has 0 bridgehead atoms. The average molecular weight is 309 g/mol. The number of halogens is 1. The van der Waals surface area contributed by atoms with Crippen LogP contribution < -0.4 is 5.73 Å². The number of hydrogen-bond donors (Lipinski definition) is 1. The molecule has 0 atom stereocenters. The molecule has 21 heavy (non-hydrogen) atoms. The van der Waals surface area contributed by atoms with Crippen molar-refractivity contribution < 1.29 is 9.13 Å². The van der Waals surface area contributed by atoms with Crippen molar-refractivity contribution in [3.8, 4) is 0 Å². The molecule has 2 rings (SSSR count). The van der Waals surface area contributed by atoms with Gasteiger partial charge in [0.2, 0.25) is 0 Å². The van der Waals surface area contributed by atoms with Crippen LogP contribution in [0.2, 0.25) is 25.7 Å². The fourth-order valence-electron chi connectivity index (χ4n) is 2.20. The summed E-state index contributed by atoms with van der Waals surface area (Å²) in [5.74, 6) is -0.246. The Balaban J connectivity index is 2.14. The summed E-state index contributed by atoms with van der Waals surface area (Å²) >= 11 is 0. The fraction of sp³-hybridized carbons (Fsp3) is 0.533. The van der Waals surface area contributed by atoms with Crippen molar-refractivity contribution in [3.05, 3.63) is 29.7 Å². The van der Waals surface area contributed by atoms with Crippen LogP contribution in [0.1, 0.15) is 5.69 Å². The molecule has 4 nitrogen and oxygen atoms in total. The van der Waals surface area contributed by atoms with Crippen molar-refractivity contribution >= 4 is 19.0 Å². The Hall–Kier alpha value is -1.24. The third-order valence-electron chi connectivity index (χ3n) is 3.39. The Bertz CT molecular complexity index is 607. The van der Waals surface area contributed by atoms with Crippen LogP contribution in [-0.2, 0) is 17.9 Å². The van der Waals surface area contributed by atoms with Crippen molar-refractivity contribution in [2.45, 2.75) is 38.8 Å². The molecule has 2 aromatic rings. The summed E-state index contributed by atoms with van der Waals surface area (Å²) in [5, 5.41) is 5.02. The number of hydrogen-bond acceptors (Lipinski definition) is 3. The van der Waals surface area contributed by atoms with Gasteiger partial charge in [0.1, 0.15) is 12.5 Å². The molecule has 0 aliphatic carbocycles. The zero-order valence-corrected chi connectivity index (χ0v) is 14.0. The molecule has 1 aromatic carbocycles. The zero-order valence-electron chi connectivity index (χ0n) is 13.0. The van der Waals surface area contributed by atoms with Gasteiger partial charge in [-0.05, 0) is 24.7 Å². The minimum atomic E-state index is -1.10. The Morgan fingerprint density at radius 1 is 1.33 bits per heavy atom. The number of rotatable bonds is 7.